The number of nitrogen functional groups attached to an aromatic ring is 1. The van der Waals surface area contributed by atoms with Gasteiger partial charge in [0, 0.05) is 18.3 Å². The molecule has 7 nitrogen and oxygen atoms in total. The fraction of sp³-hybridized carbons (Fsp3) is 0.417. The van der Waals surface area contributed by atoms with Crippen LogP contribution in [-0.2, 0) is 14.8 Å². The Hall–Kier alpha value is -1.80. The van der Waals surface area contributed by atoms with Crippen LogP contribution < -0.4 is 20.5 Å². The molecule has 1 rings (SSSR count). The Morgan fingerprint density at radius 2 is 2.15 bits per heavy atom. The molecule has 4 N–H and O–H groups in total. The van der Waals surface area contributed by atoms with Gasteiger partial charge in [-0.15, -0.1) is 0 Å². The fourth-order valence-electron chi connectivity index (χ4n) is 1.38. The average molecular weight is 301 g/mol. The van der Waals surface area contributed by atoms with Gasteiger partial charge in [-0.3, -0.25) is 4.79 Å². The number of anilines is 1. The van der Waals surface area contributed by atoms with E-state index in [-0.39, 0.29) is 31.2 Å². The Balaban J connectivity index is 2.21. The first-order valence-electron chi connectivity index (χ1n) is 6.09. The van der Waals surface area contributed by atoms with Crippen LogP contribution in [0.4, 0.5) is 5.69 Å². The number of sulfonamides is 1. The van der Waals surface area contributed by atoms with Crippen LogP contribution in [0.2, 0.25) is 0 Å². The van der Waals surface area contributed by atoms with Crippen molar-refractivity contribution in [1.29, 1.82) is 0 Å². The molecule has 1 amide bonds. The van der Waals surface area contributed by atoms with Crippen molar-refractivity contribution in [3.8, 4) is 5.75 Å². The Labute approximate surface area is 118 Å². The molecule has 0 unspecified atom stereocenters. The van der Waals surface area contributed by atoms with Gasteiger partial charge in [-0.1, -0.05) is 6.07 Å². The van der Waals surface area contributed by atoms with Crippen molar-refractivity contribution in [2.75, 3.05) is 31.7 Å². The number of amides is 1. The maximum absolute atomic E-state index is 11.4. The van der Waals surface area contributed by atoms with Crippen LogP contribution in [-0.4, -0.2) is 40.3 Å². The number of rotatable bonds is 8. The number of hydrogen-bond acceptors (Lipinski definition) is 5. The molecule has 0 atom stereocenters. The molecule has 112 valence electrons. The van der Waals surface area contributed by atoms with Gasteiger partial charge in [-0.25, -0.2) is 13.1 Å². The summed E-state index contributed by atoms with van der Waals surface area (Å²) >= 11 is 0. The molecule has 0 aliphatic rings. The van der Waals surface area contributed by atoms with Crippen molar-refractivity contribution in [3.63, 3.8) is 0 Å². The maximum Gasteiger partial charge on any atom is 0.223 e. The highest BCUT2D eigenvalue weighted by atomic mass is 32.2. The summed E-state index contributed by atoms with van der Waals surface area (Å²) in [7, 11) is -1.96. The third kappa shape index (κ3) is 6.39. The lowest BCUT2D eigenvalue weighted by Crippen LogP contribution is -2.33. The predicted molar refractivity (Wildman–Crippen MR) is 76.8 cm³/mol. The van der Waals surface area contributed by atoms with Crippen LogP contribution >= 0.6 is 0 Å². The average Bonchev–Trinajstić information content (AvgIpc) is 2.38. The molecule has 0 aromatic heterocycles. The summed E-state index contributed by atoms with van der Waals surface area (Å²) < 4.78 is 29.7. The molecule has 0 saturated heterocycles. The van der Waals surface area contributed by atoms with Crippen LogP contribution in [0.5, 0.6) is 5.75 Å². The summed E-state index contributed by atoms with van der Waals surface area (Å²) in [5.41, 5.74) is 6.17. The van der Waals surface area contributed by atoms with E-state index in [0.29, 0.717) is 11.4 Å². The van der Waals surface area contributed by atoms with Gasteiger partial charge < -0.3 is 15.8 Å². The van der Waals surface area contributed by atoms with Gasteiger partial charge in [0.15, 0.2) is 0 Å². The normalized spacial score (nSPS) is 11.1. The van der Waals surface area contributed by atoms with Gasteiger partial charge in [-0.05, 0) is 19.2 Å². The largest absolute Gasteiger partial charge is 0.493 e. The number of nitrogens with one attached hydrogen (secondary N) is 2. The van der Waals surface area contributed by atoms with Crippen molar-refractivity contribution in [2.45, 2.75) is 6.42 Å². The molecule has 20 heavy (non-hydrogen) atoms. The number of nitrogens with two attached hydrogens (primary N) is 1. The summed E-state index contributed by atoms with van der Waals surface area (Å²) in [5, 5.41) is 2.51. The van der Waals surface area contributed by atoms with E-state index in [0.717, 1.165) is 0 Å². The third-order valence-electron chi connectivity index (χ3n) is 2.46. The van der Waals surface area contributed by atoms with Gasteiger partial charge >= 0.3 is 0 Å². The van der Waals surface area contributed by atoms with Gasteiger partial charge in [0.25, 0.3) is 0 Å². The lowest BCUT2D eigenvalue weighted by atomic mass is 10.3. The molecule has 8 heteroatoms. The molecular formula is C12H19N3O4S. The lowest BCUT2D eigenvalue weighted by Gasteiger charge is -2.08. The Morgan fingerprint density at radius 1 is 1.40 bits per heavy atom. The van der Waals surface area contributed by atoms with E-state index in [4.69, 9.17) is 10.5 Å². The zero-order chi connectivity index (χ0) is 15.0. The minimum absolute atomic E-state index is 0.0697. The van der Waals surface area contributed by atoms with Crippen molar-refractivity contribution in [2.24, 2.45) is 0 Å². The van der Waals surface area contributed by atoms with Crippen LogP contribution in [0.15, 0.2) is 24.3 Å². The highest BCUT2D eigenvalue weighted by Gasteiger charge is 2.08. The number of ether oxygens (including phenoxy) is 1. The third-order valence-corrected chi connectivity index (χ3v) is 3.82. The summed E-state index contributed by atoms with van der Waals surface area (Å²) in [6.07, 6.45) is 0.147. The summed E-state index contributed by atoms with van der Waals surface area (Å²) in [4.78, 5) is 11.4. The van der Waals surface area contributed by atoms with Gasteiger partial charge in [0.1, 0.15) is 5.75 Å². The van der Waals surface area contributed by atoms with E-state index in [1.54, 1.807) is 24.3 Å². The Kier molecular flexibility index (Phi) is 6.26. The quantitative estimate of drug-likeness (QED) is 0.571. The molecule has 0 radical (unpaired) electrons. The van der Waals surface area contributed by atoms with Gasteiger partial charge in [0.05, 0.1) is 18.8 Å². The second kappa shape index (κ2) is 7.71. The molecule has 0 aliphatic carbocycles. The van der Waals surface area contributed by atoms with Crippen LogP contribution in [0.3, 0.4) is 0 Å². The first kappa shape index (κ1) is 16.3. The van der Waals surface area contributed by atoms with Crippen LogP contribution in [0.25, 0.3) is 0 Å². The molecular weight excluding hydrogens is 282 g/mol. The van der Waals surface area contributed by atoms with E-state index < -0.39 is 10.0 Å². The molecule has 0 saturated carbocycles. The van der Waals surface area contributed by atoms with E-state index in [9.17, 15) is 13.2 Å². The Morgan fingerprint density at radius 3 is 2.80 bits per heavy atom. The van der Waals surface area contributed by atoms with Gasteiger partial charge in [-0.2, -0.15) is 0 Å². The van der Waals surface area contributed by atoms with Crippen molar-refractivity contribution in [1.82, 2.24) is 10.0 Å². The highest BCUT2D eigenvalue weighted by molar-refractivity contribution is 7.89. The monoisotopic (exact) mass is 301 g/mol. The van der Waals surface area contributed by atoms with Crippen LogP contribution in [0, 0.1) is 0 Å². The zero-order valence-corrected chi connectivity index (χ0v) is 12.1. The molecule has 0 aliphatic heterocycles. The van der Waals surface area contributed by atoms with E-state index in [1.807, 2.05) is 0 Å². The molecule has 0 bridgehead atoms. The number of hydrogen-bond donors (Lipinski definition) is 3. The topological polar surface area (TPSA) is 111 Å². The molecule has 0 spiro atoms. The minimum atomic E-state index is -3.29. The van der Waals surface area contributed by atoms with E-state index in [2.05, 4.69) is 10.0 Å². The smallest absolute Gasteiger partial charge is 0.223 e. The van der Waals surface area contributed by atoms with E-state index >= 15 is 0 Å². The second-order valence-electron chi connectivity index (χ2n) is 4.04. The first-order valence-corrected chi connectivity index (χ1v) is 7.74. The van der Waals surface area contributed by atoms with Crippen molar-refractivity contribution >= 4 is 21.6 Å². The molecule has 0 fully saturated rings. The number of benzene rings is 1. The standard InChI is InChI=1S/C12H19N3O4S/c1-14-20(17,18)8-6-15-12(16)5-7-19-11-4-2-3-10(13)9-11/h2-4,9,14H,5-8,13H2,1H3,(H,15,16). The number of carbonyl (C=O) groups is 1. The van der Waals surface area contributed by atoms with Crippen molar-refractivity contribution < 1.29 is 17.9 Å². The molecule has 0 heterocycles. The summed E-state index contributed by atoms with van der Waals surface area (Å²) in [6.45, 7) is 0.272. The first-order chi connectivity index (χ1) is 9.43. The molecule has 1 aromatic carbocycles. The lowest BCUT2D eigenvalue weighted by molar-refractivity contribution is -0.121. The van der Waals surface area contributed by atoms with Gasteiger partial charge in [0.2, 0.25) is 15.9 Å². The minimum Gasteiger partial charge on any atom is -0.493 e. The predicted octanol–water partition coefficient (Wildman–Crippen LogP) is -0.297. The summed E-state index contributed by atoms with van der Waals surface area (Å²) in [5.74, 6) is 0.182. The second-order valence-corrected chi connectivity index (χ2v) is 6.09. The zero-order valence-electron chi connectivity index (χ0n) is 11.3. The van der Waals surface area contributed by atoms with Crippen molar-refractivity contribution in [3.05, 3.63) is 24.3 Å². The van der Waals surface area contributed by atoms with Crippen LogP contribution in [0.1, 0.15) is 6.42 Å². The molecule has 1 aromatic rings. The van der Waals surface area contributed by atoms with E-state index in [1.165, 1.54) is 7.05 Å². The fourth-order valence-corrected chi connectivity index (χ4v) is 1.96. The summed E-state index contributed by atoms with van der Waals surface area (Å²) in [6, 6.07) is 6.90. The maximum atomic E-state index is 11.4. The number of carbonyl (C=O) groups excluding carboxylic acids is 1. The Bertz CT molecular complexity index is 545. The highest BCUT2D eigenvalue weighted by Crippen LogP contribution is 2.14. The SMILES string of the molecule is CNS(=O)(=O)CCNC(=O)CCOc1cccc(N)c1.